The highest BCUT2D eigenvalue weighted by atomic mass is 16.2. The smallest absolute Gasteiger partial charge is 0.255 e. The Balaban J connectivity index is 1.50. The van der Waals surface area contributed by atoms with Crippen LogP contribution in [0.5, 0.6) is 0 Å². The number of hydrogen-bond acceptors (Lipinski definition) is 8. The molecule has 0 aliphatic carbocycles. The minimum atomic E-state index is -0.195. The van der Waals surface area contributed by atoms with Crippen LogP contribution in [0.2, 0.25) is 0 Å². The number of carbonyl (C=O) groups excluding carboxylic acids is 2. The van der Waals surface area contributed by atoms with Gasteiger partial charge in [0.2, 0.25) is 5.91 Å². The number of unbranched alkanes of at least 4 members (excludes halogenated alkanes) is 1. The number of aryl methyl sites for hydroxylation is 2. The average molecular weight is 528 g/mol. The summed E-state index contributed by atoms with van der Waals surface area (Å²) in [5.41, 5.74) is 3.90. The van der Waals surface area contributed by atoms with E-state index in [0.29, 0.717) is 28.7 Å². The van der Waals surface area contributed by atoms with Gasteiger partial charge in [0.25, 0.3) is 5.91 Å². The quantitative estimate of drug-likeness (QED) is 0.265. The van der Waals surface area contributed by atoms with Gasteiger partial charge in [0, 0.05) is 41.0 Å². The molecule has 3 N–H and O–H groups in total. The number of rotatable bonds is 11. The maximum absolute atomic E-state index is 12.9. The van der Waals surface area contributed by atoms with E-state index < -0.39 is 0 Å². The maximum Gasteiger partial charge on any atom is 0.255 e. The SMILES string of the molecule is CCCCc1cc(C(=O)Nc2ccc(C)c(Nc3ccnn3-c3cc(NC(=O)CN(C)C)ncn3)c2)ccn1. The minimum Gasteiger partial charge on any atom is -0.340 e. The van der Waals surface area contributed by atoms with Gasteiger partial charge in [-0.1, -0.05) is 19.4 Å². The molecule has 202 valence electrons. The van der Waals surface area contributed by atoms with Gasteiger partial charge in [-0.25, -0.2) is 9.97 Å². The third-order valence-corrected chi connectivity index (χ3v) is 5.86. The fourth-order valence-corrected chi connectivity index (χ4v) is 3.87. The molecule has 0 radical (unpaired) electrons. The number of amides is 2. The van der Waals surface area contributed by atoms with Crippen LogP contribution in [0.1, 0.15) is 41.4 Å². The van der Waals surface area contributed by atoms with Crippen molar-refractivity contribution in [2.75, 3.05) is 36.6 Å². The Hall–Kier alpha value is -4.64. The van der Waals surface area contributed by atoms with Crippen LogP contribution >= 0.6 is 0 Å². The van der Waals surface area contributed by atoms with E-state index in [1.807, 2.05) is 51.4 Å². The van der Waals surface area contributed by atoms with Crippen molar-refractivity contribution in [2.45, 2.75) is 33.1 Å². The lowest BCUT2D eigenvalue weighted by molar-refractivity contribution is -0.116. The van der Waals surface area contributed by atoms with Crippen molar-refractivity contribution in [1.29, 1.82) is 0 Å². The number of pyridine rings is 1. The molecular formula is C28H33N9O2. The van der Waals surface area contributed by atoms with E-state index in [0.717, 1.165) is 36.2 Å². The lowest BCUT2D eigenvalue weighted by atomic mass is 10.1. The van der Waals surface area contributed by atoms with Crippen molar-refractivity contribution in [3.8, 4) is 5.82 Å². The first-order chi connectivity index (χ1) is 18.8. The van der Waals surface area contributed by atoms with Gasteiger partial charge in [0.05, 0.1) is 12.7 Å². The summed E-state index contributed by atoms with van der Waals surface area (Å²) in [6.07, 6.45) is 7.65. The third kappa shape index (κ3) is 7.45. The van der Waals surface area contributed by atoms with Crippen LogP contribution in [0, 0.1) is 6.92 Å². The number of carbonyl (C=O) groups is 2. The molecule has 0 bridgehead atoms. The molecule has 3 heterocycles. The van der Waals surface area contributed by atoms with E-state index in [2.05, 4.69) is 42.9 Å². The zero-order valence-corrected chi connectivity index (χ0v) is 22.6. The molecule has 0 fully saturated rings. The van der Waals surface area contributed by atoms with Crippen LogP contribution in [0.3, 0.4) is 0 Å². The van der Waals surface area contributed by atoms with Crippen molar-refractivity contribution in [2.24, 2.45) is 0 Å². The van der Waals surface area contributed by atoms with E-state index >= 15 is 0 Å². The first-order valence-electron chi connectivity index (χ1n) is 12.8. The topological polar surface area (TPSA) is 130 Å². The fourth-order valence-electron chi connectivity index (χ4n) is 3.87. The van der Waals surface area contributed by atoms with Crippen LogP contribution in [0.15, 0.2) is 61.2 Å². The largest absolute Gasteiger partial charge is 0.340 e. The number of anilines is 4. The molecule has 4 aromatic rings. The van der Waals surface area contributed by atoms with Crippen molar-refractivity contribution < 1.29 is 9.59 Å². The average Bonchev–Trinajstić information content (AvgIpc) is 3.37. The number of nitrogens with one attached hydrogen (secondary N) is 3. The monoisotopic (exact) mass is 527 g/mol. The molecule has 0 saturated heterocycles. The second kappa shape index (κ2) is 12.7. The summed E-state index contributed by atoms with van der Waals surface area (Å²) in [5, 5.41) is 13.5. The zero-order chi connectivity index (χ0) is 27.8. The first-order valence-corrected chi connectivity index (χ1v) is 12.8. The molecule has 39 heavy (non-hydrogen) atoms. The number of likely N-dealkylation sites (N-methyl/N-ethyl adjacent to an activating group) is 1. The van der Waals surface area contributed by atoms with Gasteiger partial charge in [-0.3, -0.25) is 14.6 Å². The highest BCUT2D eigenvalue weighted by Crippen LogP contribution is 2.26. The summed E-state index contributed by atoms with van der Waals surface area (Å²) in [5.74, 6) is 1.14. The lowest BCUT2D eigenvalue weighted by Gasteiger charge is -2.14. The number of benzene rings is 1. The molecule has 2 amide bonds. The molecule has 1 aromatic carbocycles. The van der Waals surface area contributed by atoms with E-state index in [9.17, 15) is 9.59 Å². The summed E-state index contributed by atoms with van der Waals surface area (Å²) in [4.78, 5) is 39.7. The highest BCUT2D eigenvalue weighted by molar-refractivity contribution is 6.04. The summed E-state index contributed by atoms with van der Waals surface area (Å²) in [7, 11) is 3.64. The molecule has 0 saturated carbocycles. The maximum atomic E-state index is 12.9. The summed E-state index contributed by atoms with van der Waals surface area (Å²) in [6.45, 7) is 4.34. The number of nitrogens with zero attached hydrogens (tertiary/aromatic N) is 6. The van der Waals surface area contributed by atoms with Crippen LogP contribution in [0.25, 0.3) is 5.82 Å². The second-order valence-corrected chi connectivity index (χ2v) is 9.42. The standard InChI is InChI=1S/C28H33N9O2/c1-5-6-7-21-14-20(10-12-29-21)28(39)33-22-9-8-19(2)23(15-22)34-25-11-13-32-37(25)26-16-24(30-18-31-26)35-27(38)17-36(3)4/h8-16,18,34H,5-7,17H2,1-4H3,(H,33,39)(H,30,31,35,38). The molecule has 11 heteroatoms. The van der Waals surface area contributed by atoms with Gasteiger partial charge in [-0.05, 0) is 63.7 Å². The summed E-state index contributed by atoms with van der Waals surface area (Å²) in [6, 6.07) is 12.7. The highest BCUT2D eigenvalue weighted by Gasteiger charge is 2.13. The van der Waals surface area contributed by atoms with E-state index in [1.54, 1.807) is 34.1 Å². The summed E-state index contributed by atoms with van der Waals surface area (Å²) >= 11 is 0. The van der Waals surface area contributed by atoms with Crippen molar-refractivity contribution in [3.63, 3.8) is 0 Å². The van der Waals surface area contributed by atoms with E-state index in [4.69, 9.17) is 0 Å². The molecule has 0 aliphatic heterocycles. The molecular weight excluding hydrogens is 494 g/mol. The molecule has 0 atom stereocenters. The molecule has 0 aliphatic rings. The number of hydrogen-bond donors (Lipinski definition) is 3. The zero-order valence-electron chi connectivity index (χ0n) is 22.6. The van der Waals surface area contributed by atoms with Gasteiger partial charge in [0.15, 0.2) is 5.82 Å². The first kappa shape index (κ1) is 27.4. The van der Waals surface area contributed by atoms with Crippen LogP contribution < -0.4 is 16.0 Å². The van der Waals surface area contributed by atoms with Gasteiger partial charge in [-0.2, -0.15) is 9.78 Å². The Morgan fingerprint density at radius 1 is 0.974 bits per heavy atom. The predicted octanol–water partition coefficient (Wildman–Crippen LogP) is 4.20. The van der Waals surface area contributed by atoms with Crippen LogP contribution in [-0.2, 0) is 11.2 Å². The Labute approximate surface area is 227 Å². The van der Waals surface area contributed by atoms with Crippen LogP contribution in [0.4, 0.5) is 23.0 Å². The fraction of sp³-hybridized carbons (Fsp3) is 0.286. The predicted molar refractivity (Wildman–Crippen MR) is 152 cm³/mol. The summed E-state index contributed by atoms with van der Waals surface area (Å²) < 4.78 is 1.61. The minimum absolute atomic E-state index is 0.179. The van der Waals surface area contributed by atoms with Gasteiger partial charge in [0.1, 0.15) is 18.0 Å². The Kier molecular flexibility index (Phi) is 8.95. The Morgan fingerprint density at radius 3 is 2.62 bits per heavy atom. The lowest BCUT2D eigenvalue weighted by Crippen LogP contribution is -2.27. The molecule has 4 rings (SSSR count). The van der Waals surface area contributed by atoms with E-state index in [-0.39, 0.29) is 18.4 Å². The molecule has 0 unspecified atom stereocenters. The van der Waals surface area contributed by atoms with Crippen molar-refractivity contribution in [3.05, 3.63) is 78.0 Å². The van der Waals surface area contributed by atoms with Gasteiger partial charge < -0.3 is 20.9 Å². The molecule has 11 nitrogen and oxygen atoms in total. The third-order valence-electron chi connectivity index (χ3n) is 5.86. The van der Waals surface area contributed by atoms with Crippen molar-refractivity contribution in [1.82, 2.24) is 29.6 Å². The number of aromatic nitrogens is 5. The van der Waals surface area contributed by atoms with Crippen molar-refractivity contribution >= 4 is 34.8 Å². The molecule has 3 aromatic heterocycles. The second-order valence-electron chi connectivity index (χ2n) is 9.42. The van der Waals surface area contributed by atoms with E-state index in [1.165, 1.54) is 6.33 Å². The Morgan fingerprint density at radius 2 is 1.82 bits per heavy atom. The Bertz CT molecular complexity index is 1450. The molecule has 0 spiro atoms. The normalized spacial score (nSPS) is 10.9. The van der Waals surface area contributed by atoms with Gasteiger partial charge >= 0.3 is 0 Å². The van der Waals surface area contributed by atoms with Crippen LogP contribution in [-0.4, -0.2) is 62.1 Å². The van der Waals surface area contributed by atoms with Gasteiger partial charge in [-0.15, -0.1) is 0 Å².